The van der Waals surface area contributed by atoms with Crippen molar-refractivity contribution >= 4 is 28.4 Å². The van der Waals surface area contributed by atoms with E-state index >= 15 is 0 Å². The smallest absolute Gasteiger partial charge is 0.253 e. The van der Waals surface area contributed by atoms with Crippen LogP contribution < -0.4 is 10.1 Å². The maximum absolute atomic E-state index is 12.7. The van der Waals surface area contributed by atoms with Gasteiger partial charge in [-0.15, -0.1) is 16.4 Å². The third-order valence-electron chi connectivity index (χ3n) is 4.33. The minimum atomic E-state index is -0.879. The normalized spacial score (nSPS) is 21.6. The molecular weight excluding hydrogens is 342 g/mol. The third-order valence-corrected chi connectivity index (χ3v) is 5.31. The van der Waals surface area contributed by atoms with Gasteiger partial charge in [0.25, 0.3) is 5.91 Å². The van der Waals surface area contributed by atoms with Gasteiger partial charge in [0, 0.05) is 13.2 Å². The van der Waals surface area contributed by atoms with E-state index in [0.717, 1.165) is 4.88 Å². The lowest BCUT2D eigenvalue weighted by molar-refractivity contribution is -0.0612. The SMILES string of the molecule is Cn1nnc2cc(C(=O)N[C@H]3c4sccc4OC(C)(C)[C@@H]3O)cnc21. The van der Waals surface area contributed by atoms with Crippen LogP contribution in [0.25, 0.3) is 11.2 Å². The standard InChI is InChI=1S/C16H17N5O3S/c1-16(2)13(22)11(12-10(24-16)4-5-25-12)18-15(23)8-6-9-14(17-7-8)21(3)20-19-9/h4-7,11,13,22H,1-3H3,(H,18,23)/t11-,13+/m0/s1. The van der Waals surface area contributed by atoms with E-state index in [1.54, 1.807) is 31.6 Å². The second-order valence-corrected chi connectivity index (χ2v) is 7.48. The minimum absolute atomic E-state index is 0.332. The van der Waals surface area contributed by atoms with Gasteiger partial charge in [0.2, 0.25) is 0 Å². The van der Waals surface area contributed by atoms with Gasteiger partial charge in [-0.3, -0.25) is 4.79 Å². The fraction of sp³-hybridized carbons (Fsp3) is 0.375. The van der Waals surface area contributed by atoms with Crippen LogP contribution in [0.5, 0.6) is 5.75 Å². The number of aromatic nitrogens is 4. The van der Waals surface area contributed by atoms with Gasteiger partial charge in [0.1, 0.15) is 23.0 Å². The molecule has 0 saturated carbocycles. The van der Waals surface area contributed by atoms with Crippen molar-refractivity contribution in [2.24, 2.45) is 7.05 Å². The molecule has 2 N–H and O–H groups in total. The molecule has 0 radical (unpaired) electrons. The zero-order valence-corrected chi connectivity index (χ0v) is 14.7. The molecule has 0 saturated heterocycles. The summed E-state index contributed by atoms with van der Waals surface area (Å²) in [6, 6.07) is 2.93. The average molecular weight is 359 g/mol. The van der Waals surface area contributed by atoms with Crippen molar-refractivity contribution in [1.29, 1.82) is 0 Å². The van der Waals surface area contributed by atoms with E-state index in [4.69, 9.17) is 4.74 Å². The van der Waals surface area contributed by atoms with E-state index in [0.29, 0.717) is 22.5 Å². The van der Waals surface area contributed by atoms with Gasteiger partial charge in [0.15, 0.2) is 5.65 Å². The van der Waals surface area contributed by atoms with Crippen molar-refractivity contribution in [3.8, 4) is 5.75 Å². The molecule has 2 atom stereocenters. The summed E-state index contributed by atoms with van der Waals surface area (Å²) in [7, 11) is 1.74. The van der Waals surface area contributed by atoms with Crippen LogP contribution in [0.2, 0.25) is 0 Å². The predicted molar refractivity (Wildman–Crippen MR) is 91.5 cm³/mol. The molecule has 0 fully saturated rings. The number of hydrogen-bond acceptors (Lipinski definition) is 7. The Hall–Kier alpha value is -2.52. The average Bonchev–Trinajstić information content (AvgIpc) is 3.17. The van der Waals surface area contributed by atoms with Crippen molar-refractivity contribution in [3.63, 3.8) is 0 Å². The first-order valence-corrected chi connectivity index (χ1v) is 8.65. The highest BCUT2D eigenvalue weighted by Crippen LogP contribution is 2.42. The number of ether oxygens (including phenoxy) is 1. The first-order valence-electron chi connectivity index (χ1n) is 7.77. The zero-order valence-electron chi connectivity index (χ0n) is 13.9. The molecule has 3 aromatic rings. The molecule has 1 amide bonds. The number of carbonyl (C=O) groups is 1. The van der Waals surface area contributed by atoms with Crippen LogP contribution in [0.4, 0.5) is 0 Å². The van der Waals surface area contributed by atoms with Gasteiger partial charge < -0.3 is 15.2 Å². The van der Waals surface area contributed by atoms with Gasteiger partial charge in [-0.25, -0.2) is 9.67 Å². The summed E-state index contributed by atoms with van der Waals surface area (Å²) in [4.78, 5) is 17.7. The molecule has 1 aliphatic heterocycles. The van der Waals surface area contributed by atoms with Crippen LogP contribution >= 0.6 is 11.3 Å². The fourth-order valence-electron chi connectivity index (χ4n) is 2.93. The quantitative estimate of drug-likeness (QED) is 0.718. The molecule has 9 heteroatoms. The van der Waals surface area contributed by atoms with Crippen LogP contribution in [0, 0.1) is 0 Å². The molecule has 1 aliphatic rings. The maximum Gasteiger partial charge on any atom is 0.253 e. The molecule has 0 spiro atoms. The molecule has 0 aromatic carbocycles. The Morgan fingerprint density at radius 1 is 1.48 bits per heavy atom. The Morgan fingerprint density at radius 3 is 3.08 bits per heavy atom. The van der Waals surface area contributed by atoms with Crippen LogP contribution in [0.3, 0.4) is 0 Å². The number of rotatable bonds is 2. The molecule has 0 aliphatic carbocycles. The third kappa shape index (κ3) is 2.56. The topological polar surface area (TPSA) is 102 Å². The van der Waals surface area contributed by atoms with Crippen molar-refractivity contribution in [3.05, 3.63) is 34.2 Å². The van der Waals surface area contributed by atoms with E-state index in [1.807, 2.05) is 11.4 Å². The molecule has 4 rings (SSSR count). The number of amides is 1. The predicted octanol–water partition coefficient (Wildman–Crippen LogP) is 1.43. The Balaban J connectivity index is 1.65. The van der Waals surface area contributed by atoms with Gasteiger partial charge >= 0.3 is 0 Å². The fourth-order valence-corrected chi connectivity index (χ4v) is 3.83. The van der Waals surface area contributed by atoms with Crippen molar-refractivity contribution in [2.75, 3.05) is 0 Å². The molecular formula is C16H17N5O3S. The highest BCUT2D eigenvalue weighted by atomic mass is 32.1. The number of fused-ring (bicyclic) bond motifs is 2. The Kier molecular flexibility index (Phi) is 3.51. The summed E-state index contributed by atoms with van der Waals surface area (Å²) >= 11 is 1.44. The van der Waals surface area contributed by atoms with E-state index in [9.17, 15) is 9.90 Å². The summed E-state index contributed by atoms with van der Waals surface area (Å²) in [5.41, 5.74) is 0.700. The Morgan fingerprint density at radius 2 is 2.28 bits per heavy atom. The van der Waals surface area contributed by atoms with Gasteiger partial charge in [-0.05, 0) is 31.4 Å². The number of nitrogens with zero attached hydrogens (tertiary/aromatic N) is 4. The number of aliphatic hydroxyl groups is 1. The number of pyridine rings is 1. The van der Waals surface area contributed by atoms with Crippen molar-refractivity contribution in [2.45, 2.75) is 31.6 Å². The van der Waals surface area contributed by atoms with Crippen LogP contribution in [0.15, 0.2) is 23.7 Å². The zero-order chi connectivity index (χ0) is 17.8. The summed E-state index contributed by atoms with van der Waals surface area (Å²) in [5, 5.41) is 23.3. The van der Waals surface area contributed by atoms with Crippen LogP contribution in [0.1, 0.15) is 35.1 Å². The highest BCUT2D eigenvalue weighted by molar-refractivity contribution is 7.10. The highest BCUT2D eigenvalue weighted by Gasteiger charge is 2.44. The van der Waals surface area contributed by atoms with E-state index in [-0.39, 0.29) is 5.91 Å². The van der Waals surface area contributed by atoms with Gasteiger partial charge in [-0.1, -0.05) is 5.21 Å². The largest absolute Gasteiger partial charge is 0.484 e. The van der Waals surface area contributed by atoms with E-state index < -0.39 is 17.7 Å². The number of thiophene rings is 1. The molecule has 3 aromatic heterocycles. The summed E-state index contributed by atoms with van der Waals surface area (Å²) < 4.78 is 7.37. The van der Waals surface area contributed by atoms with Crippen molar-refractivity contribution < 1.29 is 14.6 Å². The first-order chi connectivity index (χ1) is 11.9. The molecule has 8 nitrogen and oxygen atoms in total. The monoisotopic (exact) mass is 359 g/mol. The molecule has 130 valence electrons. The van der Waals surface area contributed by atoms with Crippen molar-refractivity contribution in [1.82, 2.24) is 25.3 Å². The minimum Gasteiger partial charge on any atom is -0.484 e. The lowest BCUT2D eigenvalue weighted by atomic mass is 9.90. The number of hydrogen-bond donors (Lipinski definition) is 2. The lowest BCUT2D eigenvalue weighted by Crippen LogP contribution is -2.53. The second kappa shape index (κ2) is 5.50. The first kappa shape index (κ1) is 16.0. The molecule has 4 heterocycles. The molecule has 25 heavy (non-hydrogen) atoms. The maximum atomic E-state index is 12.7. The van der Waals surface area contributed by atoms with Gasteiger partial charge in [-0.2, -0.15) is 0 Å². The number of aliphatic hydroxyl groups excluding tert-OH is 1. The van der Waals surface area contributed by atoms with E-state index in [1.165, 1.54) is 17.5 Å². The number of aryl methyl sites for hydroxylation is 1. The summed E-state index contributed by atoms with van der Waals surface area (Å²) in [6.07, 6.45) is 0.600. The Bertz CT molecular complexity index is 964. The van der Waals surface area contributed by atoms with Gasteiger partial charge in [0.05, 0.1) is 16.5 Å². The summed E-state index contributed by atoms with van der Waals surface area (Å²) in [6.45, 7) is 3.59. The molecule has 0 unspecified atom stereocenters. The number of nitrogens with one attached hydrogen (secondary N) is 1. The Labute approximate surface area is 147 Å². The molecule has 0 bridgehead atoms. The second-order valence-electron chi connectivity index (χ2n) is 6.53. The van der Waals surface area contributed by atoms with Crippen LogP contribution in [-0.2, 0) is 7.05 Å². The number of carbonyl (C=O) groups excluding carboxylic acids is 1. The van der Waals surface area contributed by atoms with E-state index in [2.05, 4.69) is 20.6 Å². The summed E-state index contributed by atoms with van der Waals surface area (Å²) in [5.74, 6) is 0.356. The van der Waals surface area contributed by atoms with Crippen LogP contribution in [-0.4, -0.2) is 42.7 Å². The lowest BCUT2D eigenvalue weighted by Gasteiger charge is -2.40.